The maximum absolute atomic E-state index is 11.2. The van der Waals surface area contributed by atoms with Crippen molar-refractivity contribution in [2.24, 2.45) is 5.92 Å². The highest BCUT2D eigenvalue weighted by Crippen LogP contribution is 2.46. The van der Waals surface area contributed by atoms with Gasteiger partial charge in [-0.25, -0.2) is 4.98 Å². The number of hydrogen-bond acceptors (Lipinski definition) is 8. The molecule has 2 aromatic rings. The zero-order valence-corrected chi connectivity index (χ0v) is 23.3. The van der Waals surface area contributed by atoms with Crippen LogP contribution in [0.15, 0.2) is 24.3 Å². The Labute approximate surface area is 226 Å². The molecule has 2 N–H and O–H groups in total. The summed E-state index contributed by atoms with van der Waals surface area (Å²) in [5.41, 5.74) is 4.63. The van der Waals surface area contributed by atoms with E-state index in [9.17, 15) is 10.4 Å². The highest BCUT2D eigenvalue weighted by Gasteiger charge is 2.39. The molecule has 1 aromatic carbocycles. The van der Waals surface area contributed by atoms with Crippen LogP contribution in [-0.2, 0) is 17.8 Å². The van der Waals surface area contributed by atoms with Crippen molar-refractivity contribution in [3.63, 3.8) is 0 Å². The number of ether oxygens (including phenoxy) is 2. The normalized spacial score (nSPS) is 22.1. The summed E-state index contributed by atoms with van der Waals surface area (Å²) in [5, 5.41) is 24.8. The van der Waals surface area contributed by atoms with Crippen molar-refractivity contribution < 1.29 is 14.6 Å². The van der Waals surface area contributed by atoms with Gasteiger partial charge in [0.05, 0.1) is 30.1 Å². The van der Waals surface area contributed by atoms with Gasteiger partial charge in [-0.3, -0.25) is 4.90 Å². The third-order valence-electron chi connectivity index (χ3n) is 8.02. The number of pyridine rings is 1. The van der Waals surface area contributed by atoms with Crippen LogP contribution < -0.4 is 15.0 Å². The number of aliphatic hydroxyl groups is 1. The molecule has 0 radical (unpaired) electrons. The molecule has 8 heteroatoms. The molecule has 38 heavy (non-hydrogen) atoms. The summed E-state index contributed by atoms with van der Waals surface area (Å²) in [6, 6.07) is 10.3. The molecule has 2 fully saturated rings. The lowest BCUT2D eigenvalue weighted by molar-refractivity contribution is -0.0407. The first-order valence-electron chi connectivity index (χ1n) is 14.0. The lowest BCUT2D eigenvalue weighted by Crippen LogP contribution is -2.60. The molecular weight excluding hydrogens is 478 g/mol. The first-order valence-corrected chi connectivity index (χ1v) is 14.0. The summed E-state index contributed by atoms with van der Waals surface area (Å²) >= 11 is 0. The van der Waals surface area contributed by atoms with E-state index >= 15 is 0 Å². The number of benzene rings is 1. The van der Waals surface area contributed by atoms with Crippen LogP contribution in [0.4, 0.5) is 11.5 Å². The van der Waals surface area contributed by atoms with Gasteiger partial charge in [-0.05, 0) is 69.4 Å². The molecule has 204 valence electrons. The molecule has 2 aliphatic heterocycles. The van der Waals surface area contributed by atoms with E-state index in [4.69, 9.17) is 14.5 Å². The fraction of sp³-hybridized carbons (Fsp3) is 0.600. The lowest BCUT2D eigenvalue weighted by Gasteiger charge is -2.46. The van der Waals surface area contributed by atoms with Crippen molar-refractivity contribution in [1.82, 2.24) is 9.88 Å². The van der Waals surface area contributed by atoms with E-state index in [1.807, 2.05) is 31.2 Å². The monoisotopic (exact) mass is 519 g/mol. The molecule has 1 saturated heterocycles. The van der Waals surface area contributed by atoms with Gasteiger partial charge in [0.2, 0.25) is 0 Å². The standard InChI is InChI=1S/C30H41N5O3/c1-6-37-22-11-9-21(10-12-22)32-29(36)35-14-13-34(17-26(35)19(2)3)28-24(16-31)23-15-30(4,5)38-18-25(23)27(33-28)20-7-8-20/h9-12,19-20,26,29,32,36H,6-8,13-15,17-18H2,1-5H3. The van der Waals surface area contributed by atoms with E-state index in [-0.39, 0.29) is 11.6 Å². The molecule has 2 unspecified atom stereocenters. The summed E-state index contributed by atoms with van der Waals surface area (Å²) in [5.74, 6) is 2.40. The molecule has 0 bridgehead atoms. The SMILES string of the molecule is CCOc1ccc(NC(O)N2CCN(c3nc(C4CC4)c4c(c3C#N)CC(C)(C)OC4)CC2C(C)C)cc1. The van der Waals surface area contributed by atoms with Crippen LogP contribution in [0.25, 0.3) is 0 Å². The fourth-order valence-corrected chi connectivity index (χ4v) is 5.78. The highest BCUT2D eigenvalue weighted by atomic mass is 16.5. The minimum absolute atomic E-state index is 0.0856. The Morgan fingerprint density at radius 2 is 1.95 bits per heavy atom. The quantitative estimate of drug-likeness (QED) is 0.488. The number of rotatable bonds is 8. The van der Waals surface area contributed by atoms with Gasteiger partial charge in [0.1, 0.15) is 17.6 Å². The van der Waals surface area contributed by atoms with Crippen molar-refractivity contribution in [3.05, 3.63) is 46.6 Å². The van der Waals surface area contributed by atoms with Gasteiger partial charge in [0.15, 0.2) is 6.35 Å². The van der Waals surface area contributed by atoms with Crippen LogP contribution in [-0.4, -0.2) is 59.2 Å². The number of anilines is 2. The summed E-state index contributed by atoms with van der Waals surface area (Å²) in [6.45, 7) is 13.7. The lowest BCUT2D eigenvalue weighted by atomic mass is 9.87. The third kappa shape index (κ3) is 5.47. The van der Waals surface area contributed by atoms with Crippen LogP contribution in [0, 0.1) is 17.2 Å². The zero-order chi connectivity index (χ0) is 27.0. The predicted octanol–water partition coefficient (Wildman–Crippen LogP) is 4.62. The minimum atomic E-state index is -0.825. The number of nitriles is 1. The molecule has 3 aliphatic rings. The first-order chi connectivity index (χ1) is 18.2. The van der Waals surface area contributed by atoms with Crippen molar-refractivity contribution in [3.8, 4) is 11.8 Å². The average Bonchev–Trinajstić information content (AvgIpc) is 3.73. The van der Waals surface area contributed by atoms with E-state index in [1.54, 1.807) is 0 Å². The third-order valence-corrected chi connectivity index (χ3v) is 8.02. The fourth-order valence-electron chi connectivity index (χ4n) is 5.78. The Hall–Kier alpha value is -2.86. The Balaban J connectivity index is 1.39. The van der Waals surface area contributed by atoms with E-state index in [0.717, 1.165) is 53.3 Å². The van der Waals surface area contributed by atoms with Crippen molar-refractivity contribution >= 4 is 11.5 Å². The van der Waals surface area contributed by atoms with Crippen molar-refractivity contribution in [2.75, 3.05) is 36.5 Å². The highest BCUT2D eigenvalue weighted by molar-refractivity contribution is 5.63. The molecule has 3 heterocycles. The molecule has 2 atom stereocenters. The summed E-state index contributed by atoms with van der Waals surface area (Å²) < 4.78 is 11.7. The van der Waals surface area contributed by atoms with Crippen molar-refractivity contribution in [2.45, 2.75) is 84.4 Å². The molecule has 8 nitrogen and oxygen atoms in total. The Kier molecular flexibility index (Phi) is 7.54. The molecule has 5 rings (SSSR count). The Bertz CT molecular complexity index is 1190. The molecular formula is C30H41N5O3. The minimum Gasteiger partial charge on any atom is -0.494 e. The molecule has 0 spiro atoms. The number of nitrogens with zero attached hydrogens (tertiary/aromatic N) is 4. The number of piperazine rings is 1. The van der Waals surface area contributed by atoms with Crippen LogP contribution >= 0.6 is 0 Å². The number of hydrogen-bond donors (Lipinski definition) is 2. The maximum Gasteiger partial charge on any atom is 0.184 e. The van der Waals surface area contributed by atoms with Gasteiger partial charge in [-0.1, -0.05) is 13.8 Å². The number of aliphatic hydroxyl groups excluding tert-OH is 1. The second kappa shape index (κ2) is 10.7. The summed E-state index contributed by atoms with van der Waals surface area (Å²) in [6.07, 6.45) is 2.20. The van der Waals surface area contributed by atoms with E-state index in [0.29, 0.717) is 50.2 Å². The molecule has 1 aromatic heterocycles. The van der Waals surface area contributed by atoms with Gasteiger partial charge in [-0.2, -0.15) is 5.26 Å². The van der Waals surface area contributed by atoms with E-state index in [2.05, 4.69) is 48.9 Å². The second-order valence-electron chi connectivity index (χ2n) is 11.7. The number of fused-ring (bicyclic) bond motifs is 1. The van der Waals surface area contributed by atoms with Gasteiger partial charge >= 0.3 is 0 Å². The topological polar surface area (TPSA) is 93.9 Å². The Morgan fingerprint density at radius 1 is 1.21 bits per heavy atom. The summed E-state index contributed by atoms with van der Waals surface area (Å²) in [7, 11) is 0. The molecule has 1 aliphatic carbocycles. The van der Waals surface area contributed by atoms with Crippen LogP contribution in [0.5, 0.6) is 5.75 Å². The average molecular weight is 520 g/mol. The van der Waals surface area contributed by atoms with Crippen LogP contribution in [0.3, 0.4) is 0 Å². The van der Waals surface area contributed by atoms with E-state index in [1.165, 1.54) is 0 Å². The smallest absolute Gasteiger partial charge is 0.184 e. The largest absolute Gasteiger partial charge is 0.494 e. The van der Waals surface area contributed by atoms with Crippen LogP contribution in [0.1, 0.15) is 75.8 Å². The molecule has 0 amide bonds. The van der Waals surface area contributed by atoms with Gasteiger partial charge in [-0.15, -0.1) is 0 Å². The zero-order valence-electron chi connectivity index (χ0n) is 23.3. The first kappa shape index (κ1) is 26.7. The predicted molar refractivity (Wildman–Crippen MR) is 148 cm³/mol. The number of aromatic nitrogens is 1. The van der Waals surface area contributed by atoms with Crippen molar-refractivity contribution in [1.29, 1.82) is 5.26 Å². The molecule has 1 saturated carbocycles. The maximum atomic E-state index is 11.2. The van der Waals surface area contributed by atoms with Gasteiger partial charge in [0, 0.05) is 49.3 Å². The van der Waals surface area contributed by atoms with Gasteiger partial charge in [0.25, 0.3) is 0 Å². The van der Waals surface area contributed by atoms with Crippen LogP contribution in [0.2, 0.25) is 0 Å². The summed E-state index contributed by atoms with van der Waals surface area (Å²) in [4.78, 5) is 9.56. The second-order valence-corrected chi connectivity index (χ2v) is 11.7. The van der Waals surface area contributed by atoms with E-state index < -0.39 is 6.35 Å². The van der Waals surface area contributed by atoms with Gasteiger partial charge < -0.3 is 24.8 Å². The Morgan fingerprint density at radius 3 is 2.58 bits per heavy atom. The number of nitrogens with one attached hydrogen (secondary N) is 1.